The first-order valence-electron chi connectivity index (χ1n) is 19.9. The largest absolute Gasteiger partial charge is 0.508 e. The summed E-state index contributed by atoms with van der Waals surface area (Å²) in [5.41, 5.74) is -1.18. The molecule has 13 N–H and O–H groups in total. The predicted octanol–water partition coefficient (Wildman–Crippen LogP) is -1.26. The molecule has 3 saturated heterocycles. The molecular weight excluding hydrogens is 884 g/mol. The third-order valence-electron chi connectivity index (χ3n) is 10.9. The van der Waals surface area contributed by atoms with Crippen LogP contribution in [0.5, 0.6) is 34.5 Å². The lowest BCUT2D eigenvalue weighted by atomic mass is 9.97. The van der Waals surface area contributed by atoms with Crippen LogP contribution in [0.4, 0.5) is 0 Å². The van der Waals surface area contributed by atoms with E-state index in [-0.39, 0.29) is 24.3 Å². The summed E-state index contributed by atoms with van der Waals surface area (Å²) in [5.74, 6) is -5.00. The van der Waals surface area contributed by atoms with Gasteiger partial charge in [-0.3, -0.25) is 4.79 Å². The van der Waals surface area contributed by atoms with E-state index in [0.29, 0.717) is 5.56 Å². The zero-order valence-electron chi connectivity index (χ0n) is 33.8. The maximum Gasteiger partial charge on any atom is 0.331 e. The predicted molar refractivity (Wildman–Crippen MR) is 221 cm³/mol. The van der Waals surface area contributed by atoms with Crippen molar-refractivity contribution in [1.29, 1.82) is 0 Å². The fourth-order valence-corrected chi connectivity index (χ4v) is 7.37. The number of hydrogen-bond donors (Lipinski definition) is 13. The minimum Gasteiger partial charge on any atom is -0.508 e. The van der Waals surface area contributed by atoms with Crippen molar-refractivity contribution in [3.8, 4) is 45.8 Å². The second kappa shape index (κ2) is 20.5. The summed E-state index contributed by atoms with van der Waals surface area (Å²) in [6.07, 6.45) is -24.6. The van der Waals surface area contributed by atoms with E-state index in [0.717, 1.165) is 30.3 Å². The number of phenolic OH excluding ortho intramolecular Hbond substituents is 5. The SMILES string of the molecule is C.CC1OC(OCC2OC(Oc3c(-c4ccc(O)c(O)c4)oc4cc(O)cc(O)c4c3=O)C(O)C(OC(=O)/C=C/c3ccc(O)cc3)C2O)C(O)C(OC2OC(CO)C(O)C(O)C2O)C1O. The van der Waals surface area contributed by atoms with E-state index in [1.165, 1.54) is 43.3 Å². The zero-order valence-corrected chi connectivity index (χ0v) is 33.8. The number of hydrogen-bond acceptors (Lipinski definition) is 23. The van der Waals surface area contributed by atoms with Gasteiger partial charge in [0.15, 0.2) is 42.0 Å². The summed E-state index contributed by atoms with van der Waals surface area (Å²) in [5, 5.41) is 136. The minimum atomic E-state index is -2.15. The van der Waals surface area contributed by atoms with Crippen molar-refractivity contribution in [2.75, 3.05) is 13.2 Å². The van der Waals surface area contributed by atoms with Crippen LogP contribution in [0, 0.1) is 0 Å². The average molecular weight is 935 g/mol. The lowest BCUT2D eigenvalue weighted by Crippen LogP contribution is -2.64. The molecule has 15 atom stereocenters. The first-order chi connectivity index (χ1) is 30.9. The molecule has 66 heavy (non-hydrogen) atoms. The number of ether oxygens (including phenoxy) is 7. The van der Waals surface area contributed by atoms with Gasteiger partial charge >= 0.3 is 5.97 Å². The Morgan fingerprint density at radius 1 is 0.682 bits per heavy atom. The molecule has 23 nitrogen and oxygen atoms in total. The molecule has 15 unspecified atom stereocenters. The highest BCUT2D eigenvalue weighted by atomic mass is 16.7. The second-order valence-electron chi connectivity index (χ2n) is 15.4. The van der Waals surface area contributed by atoms with Crippen molar-refractivity contribution >= 4 is 23.0 Å². The molecule has 7 rings (SSSR count). The van der Waals surface area contributed by atoms with E-state index in [2.05, 4.69) is 0 Å². The van der Waals surface area contributed by atoms with Crippen LogP contribution in [-0.2, 0) is 33.2 Å². The van der Waals surface area contributed by atoms with Gasteiger partial charge in [0.05, 0.1) is 19.3 Å². The standard InChI is InChI=1S/C42H46O23.CH4/c1-15-28(50)37(64-41-33(55)32(54)29(51)24(13-43)61-41)34(56)40(59-15)58-14-25-30(52)38(63-26(49)9-4-16-2-6-18(44)7-3-16)35(57)42(62-25)65-39-31(53)27-22(48)11-19(45)12-23(27)60-36(39)17-5-8-20(46)21(47)10-17;/h2-12,15,24-25,28-30,32-35,37-38,40-48,50-52,54-57H,13-14H2,1H3;1H4/b9-4+;. The molecule has 3 aromatic carbocycles. The number of aromatic hydroxyl groups is 5. The Morgan fingerprint density at radius 2 is 1.36 bits per heavy atom. The van der Waals surface area contributed by atoms with Crippen LogP contribution >= 0.6 is 0 Å². The number of aliphatic hydroxyl groups is 8. The van der Waals surface area contributed by atoms with Crippen LogP contribution in [0.1, 0.15) is 19.9 Å². The lowest BCUT2D eigenvalue weighted by molar-refractivity contribution is -0.361. The Morgan fingerprint density at radius 3 is 2.05 bits per heavy atom. The monoisotopic (exact) mass is 934 g/mol. The van der Waals surface area contributed by atoms with Crippen LogP contribution in [0.15, 0.2) is 69.9 Å². The Balaban J connectivity index is 0.00000720. The number of carbonyl (C=O) groups excluding carboxylic acids is 1. The molecular formula is C43H50O23. The van der Waals surface area contributed by atoms with E-state index >= 15 is 0 Å². The lowest BCUT2D eigenvalue weighted by Gasteiger charge is -2.46. The normalized spacial score (nSPS) is 32.5. The molecule has 4 heterocycles. The zero-order chi connectivity index (χ0) is 47.0. The van der Waals surface area contributed by atoms with Crippen LogP contribution in [0.3, 0.4) is 0 Å². The van der Waals surface area contributed by atoms with Gasteiger partial charge in [0.2, 0.25) is 17.5 Å². The maximum atomic E-state index is 14.1. The number of aliphatic hydroxyl groups excluding tert-OH is 8. The van der Waals surface area contributed by atoms with E-state index < -0.39 is 157 Å². The molecule has 0 amide bonds. The third-order valence-corrected chi connectivity index (χ3v) is 10.9. The Hall–Kier alpha value is -5.64. The highest BCUT2D eigenvalue weighted by Crippen LogP contribution is 2.40. The molecule has 3 aliphatic rings. The molecule has 0 saturated carbocycles. The van der Waals surface area contributed by atoms with Gasteiger partial charge in [-0.1, -0.05) is 19.6 Å². The summed E-state index contributed by atoms with van der Waals surface area (Å²) in [7, 11) is 0. The fraction of sp³-hybridized carbons (Fsp3) is 0.442. The molecule has 4 aromatic rings. The number of fused-ring (bicyclic) bond motifs is 1. The molecule has 1 aromatic heterocycles. The van der Waals surface area contributed by atoms with Crippen LogP contribution in [0.2, 0.25) is 0 Å². The molecule has 0 bridgehead atoms. The number of esters is 1. The van der Waals surface area contributed by atoms with Gasteiger partial charge in [-0.2, -0.15) is 0 Å². The molecule has 23 heteroatoms. The van der Waals surface area contributed by atoms with E-state index in [1.54, 1.807) is 0 Å². The third kappa shape index (κ3) is 10.2. The van der Waals surface area contributed by atoms with Crippen molar-refractivity contribution in [2.45, 2.75) is 106 Å². The van der Waals surface area contributed by atoms with E-state index in [1.807, 2.05) is 0 Å². The summed E-state index contributed by atoms with van der Waals surface area (Å²) in [6.45, 7) is -0.266. The van der Waals surface area contributed by atoms with E-state index in [9.17, 15) is 76.0 Å². The van der Waals surface area contributed by atoms with Gasteiger partial charge in [-0.25, -0.2) is 4.79 Å². The van der Waals surface area contributed by atoms with Crippen molar-refractivity contribution in [2.24, 2.45) is 0 Å². The summed E-state index contributed by atoms with van der Waals surface area (Å²) in [6, 6.07) is 10.7. The van der Waals surface area contributed by atoms with Crippen LogP contribution in [0.25, 0.3) is 28.4 Å². The van der Waals surface area contributed by atoms with Gasteiger partial charge in [0, 0.05) is 23.8 Å². The van der Waals surface area contributed by atoms with Crippen LogP contribution in [-0.4, -0.2) is 178 Å². The quantitative estimate of drug-likeness (QED) is 0.0448. The van der Waals surface area contributed by atoms with Crippen LogP contribution < -0.4 is 10.2 Å². The topological polar surface area (TPSA) is 375 Å². The smallest absolute Gasteiger partial charge is 0.331 e. The first-order valence-corrected chi connectivity index (χ1v) is 19.9. The number of benzene rings is 3. The highest BCUT2D eigenvalue weighted by Gasteiger charge is 2.52. The number of phenols is 5. The van der Waals surface area contributed by atoms with Gasteiger partial charge in [-0.15, -0.1) is 0 Å². The Bertz CT molecular complexity index is 2400. The first kappa shape index (κ1) is 49.8. The molecule has 3 aliphatic heterocycles. The molecule has 360 valence electrons. The second-order valence-corrected chi connectivity index (χ2v) is 15.4. The molecule has 0 spiro atoms. The fourth-order valence-electron chi connectivity index (χ4n) is 7.37. The number of carbonyl (C=O) groups is 1. The van der Waals surface area contributed by atoms with E-state index in [4.69, 9.17) is 37.6 Å². The average Bonchev–Trinajstić information content (AvgIpc) is 3.27. The maximum absolute atomic E-state index is 14.1. The highest BCUT2D eigenvalue weighted by molar-refractivity contribution is 5.89. The molecule has 0 radical (unpaired) electrons. The number of rotatable bonds is 12. The van der Waals surface area contributed by atoms with Crippen molar-refractivity contribution in [1.82, 2.24) is 0 Å². The minimum absolute atomic E-state index is 0. The van der Waals surface area contributed by atoms with Gasteiger partial charge in [-0.05, 0) is 48.9 Å². The summed E-state index contributed by atoms with van der Waals surface area (Å²) in [4.78, 5) is 27.3. The van der Waals surface area contributed by atoms with Crippen molar-refractivity contribution in [3.63, 3.8) is 0 Å². The van der Waals surface area contributed by atoms with Crippen molar-refractivity contribution in [3.05, 3.63) is 76.5 Å². The summed E-state index contributed by atoms with van der Waals surface area (Å²) >= 11 is 0. The van der Waals surface area contributed by atoms with Gasteiger partial charge in [0.25, 0.3) is 0 Å². The molecule has 3 fully saturated rings. The summed E-state index contributed by atoms with van der Waals surface area (Å²) < 4.78 is 45.6. The van der Waals surface area contributed by atoms with Gasteiger partial charge in [0.1, 0.15) is 83.2 Å². The Kier molecular flexibility index (Phi) is 15.4. The molecule has 0 aliphatic carbocycles. The Labute approximate surface area is 373 Å². The van der Waals surface area contributed by atoms with Crippen molar-refractivity contribution < 1.29 is 109 Å². The van der Waals surface area contributed by atoms with Gasteiger partial charge < -0.3 is 104 Å².